The Morgan fingerprint density at radius 2 is 1.70 bits per heavy atom. The van der Waals surface area contributed by atoms with Gasteiger partial charge in [-0.2, -0.15) is 0 Å². The van der Waals surface area contributed by atoms with Crippen LogP contribution in [-0.2, 0) is 4.79 Å². The van der Waals surface area contributed by atoms with Gasteiger partial charge in [-0.25, -0.2) is 0 Å². The van der Waals surface area contributed by atoms with E-state index in [0.717, 1.165) is 28.1 Å². The van der Waals surface area contributed by atoms with Crippen molar-refractivity contribution in [3.05, 3.63) is 59.2 Å². The monoisotopic (exact) mass is 269 g/mol. The lowest BCUT2D eigenvalue weighted by atomic mass is 10.1. The number of rotatable bonds is 4. The first-order valence-electron chi connectivity index (χ1n) is 6.61. The third-order valence-electron chi connectivity index (χ3n) is 2.98. The number of nitrogens with one attached hydrogen (secondary N) is 1. The molecule has 104 valence electrons. The highest BCUT2D eigenvalue weighted by molar-refractivity contribution is 5.92. The Morgan fingerprint density at radius 1 is 1.05 bits per heavy atom. The van der Waals surface area contributed by atoms with Gasteiger partial charge in [0.05, 0.1) is 0 Å². The molecule has 0 unspecified atom stereocenters. The maximum absolute atomic E-state index is 11.9. The molecular weight excluding hydrogens is 250 g/mol. The summed E-state index contributed by atoms with van der Waals surface area (Å²) < 4.78 is 5.53. The fourth-order valence-corrected chi connectivity index (χ4v) is 2.06. The first-order valence-corrected chi connectivity index (χ1v) is 6.61. The molecule has 0 saturated heterocycles. The lowest BCUT2D eigenvalue weighted by Crippen LogP contribution is -2.20. The van der Waals surface area contributed by atoms with Crippen LogP contribution in [0.2, 0.25) is 0 Å². The third-order valence-corrected chi connectivity index (χ3v) is 2.98. The van der Waals surface area contributed by atoms with Crippen LogP contribution in [0.1, 0.15) is 16.7 Å². The minimum atomic E-state index is -0.154. The molecule has 0 fully saturated rings. The van der Waals surface area contributed by atoms with Crippen LogP contribution < -0.4 is 10.1 Å². The van der Waals surface area contributed by atoms with Gasteiger partial charge >= 0.3 is 0 Å². The van der Waals surface area contributed by atoms with Crippen molar-refractivity contribution in [1.29, 1.82) is 0 Å². The van der Waals surface area contributed by atoms with Crippen LogP contribution in [0.4, 0.5) is 5.69 Å². The lowest BCUT2D eigenvalue weighted by molar-refractivity contribution is -0.118. The molecule has 2 aromatic carbocycles. The van der Waals surface area contributed by atoms with Crippen molar-refractivity contribution in [2.45, 2.75) is 20.8 Å². The fraction of sp³-hybridized carbons (Fsp3) is 0.235. The van der Waals surface area contributed by atoms with Crippen molar-refractivity contribution in [1.82, 2.24) is 0 Å². The van der Waals surface area contributed by atoms with E-state index in [1.165, 1.54) is 0 Å². The molecule has 1 N–H and O–H groups in total. The highest BCUT2D eigenvalue weighted by Gasteiger charge is 2.05. The number of amides is 1. The summed E-state index contributed by atoms with van der Waals surface area (Å²) >= 11 is 0. The Hall–Kier alpha value is -2.29. The molecular formula is C17H19NO2. The predicted molar refractivity (Wildman–Crippen MR) is 81.2 cm³/mol. The molecule has 0 bridgehead atoms. The van der Waals surface area contributed by atoms with Crippen LogP contribution >= 0.6 is 0 Å². The highest BCUT2D eigenvalue weighted by Crippen LogP contribution is 2.17. The fourth-order valence-electron chi connectivity index (χ4n) is 2.06. The van der Waals surface area contributed by atoms with Gasteiger partial charge in [0.15, 0.2) is 6.61 Å². The van der Waals surface area contributed by atoms with Crippen LogP contribution in [0.15, 0.2) is 42.5 Å². The van der Waals surface area contributed by atoms with Crippen molar-refractivity contribution in [2.75, 3.05) is 11.9 Å². The second kappa shape index (κ2) is 6.24. The third kappa shape index (κ3) is 3.85. The van der Waals surface area contributed by atoms with Crippen LogP contribution in [0.5, 0.6) is 5.75 Å². The summed E-state index contributed by atoms with van der Waals surface area (Å²) in [5.41, 5.74) is 4.10. The molecule has 3 nitrogen and oxygen atoms in total. The maximum Gasteiger partial charge on any atom is 0.262 e. The molecule has 0 saturated carbocycles. The van der Waals surface area contributed by atoms with Gasteiger partial charge < -0.3 is 10.1 Å². The summed E-state index contributed by atoms with van der Waals surface area (Å²) in [4.78, 5) is 11.9. The number of carbonyl (C=O) groups excluding carboxylic acids is 1. The van der Waals surface area contributed by atoms with Crippen LogP contribution in [0.25, 0.3) is 0 Å². The molecule has 0 aliphatic carbocycles. The molecule has 2 aromatic rings. The zero-order valence-corrected chi connectivity index (χ0v) is 12.1. The van der Waals surface area contributed by atoms with E-state index in [4.69, 9.17) is 4.74 Å². The molecule has 20 heavy (non-hydrogen) atoms. The molecule has 0 aliphatic rings. The molecule has 1 amide bonds. The second-order valence-electron chi connectivity index (χ2n) is 4.98. The molecule has 0 atom stereocenters. The van der Waals surface area contributed by atoms with Gasteiger partial charge in [0.1, 0.15) is 5.75 Å². The van der Waals surface area contributed by atoms with Crippen LogP contribution in [0.3, 0.4) is 0 Å². The molecule has 2 rings (SSSR count). The number of para-hydroxylation sites is 1. The summed E-state index contributed by atoms with van der Waals surface area (Å²) in [6.07, 6.45) is 0. The summed E-state index contributed by atoms with van der Waals surface area (Å²) in [7, 11) is 0. The van der Waals surface area contributed by atoms with Gasteiger partial charge in [-0.15, -0.1) is 0 Å². The van der Waals surface area contributed by atoms with Crippen molar-refractivity contribution < 1.29 is 9.53 Å². The second-order valence-corrected chi connectivity index (χ2v) is 4.98. The average Bonchev–Trinajstić information content (AvgIpc) is 2.38. The van der Waals surface area contributed by atoms with E-state index in [-0.39, 0.29) is 12.5 Å². The topological polar surface area (TPSA) is 38.3 Å². The quantitative estimate of drug-likeness (QED) is 0.920. The largest absolute Gasteiger partial charge is 0.484 e. The van der Waals surface area contributed by atoms with Gasteiger partial charge in [-0.1, -0.05) is 24.3 Å². The van der Waals surface area contributed by atoms with Crippen LogP contribution in [-0.4, -0.2) is 12.5 Å². The molecule has 0 aromatic heterocycles. The number of benzene rings is 2. The maximum atomic E-state index is 11.9. The van der Waals surface area contributed by atoms with E-state index < -0.39 is 0 Å². The number of carbonyl (C=O) groups is 1. The smallest absolute Gasteiger partial charge is 0.262 e. The first kappa shape index (κ1) is 14.1. The normalized spacial score (nSPS) is 10.2. The minimum Gasteiger partial charge on any atom is -0.484 e. The first-order chi connectivity index (χ1) is 9.54. The molecule has 0 aliphatic heterocycles. The molecule has 0 spiro atoms. The Kier molecular flexibility index (Phi) is 4.41. The lowest BCUT2D eigenvalue weighted by Gasteiger charge is -2.10. The standard InChI is InChI=1S/C17H19NO2/c1-12-8-13(2)10-15(9-12)20-11-17(19)18-16-7-5-4-6-14(16)3/h4-10H,11H2,1-3H3,(H,18,19). The Morgan fingerprint density at radius 3 is 2.35 bits per heavy atom. The summed E-state index contributed by atoms with van der Waals surface area (Å²) in [6, 6.07) is 13.6. The number of aryl methyl sites for hydroxylation is 3. The van der Waals surface area contributed by atoms with Crippen molar-refractivity contribution in [3.8, 4) is 5.75 Å². The summed E-state index contributed by atoms with van der Waals surface area (Å²) in [5, 5.41) is 2.85. The predicted octanol–water partition coefficient (Wildman–Crippen LogP) is 3.63. The number of anilines is 1. The van der Waals surface area contributed by atoms with Gasteiger partial charge in [-0.3, -0.25) is 4.79 Å². The van der Waals surface area contributed by atoms with E-state index in [2.05, 4.69) is 11.4 Å². The Balaban J connectivity index is 1.94. The zero-order chi connectivity index (χ0) is 14.5. The van der Waals surface area contributed by atoms with E-state index in [1.807, 2.05) is 57.2 Å². The van der Waals surface area contributed by atoms with Gasteiger partial charge in [0.25, 0.3) is 5.91 Å². The summed E-state index contributed by atoms with van der Waals surface area (Å²) in [5.74, 6) is 0.570. The van der Waals surface area contributed by atoms with E-state index >= 15 is 0 Å². The SMILES string of the molecule is Cc1cc(C)cc(OCC(=O)Nc2ccccc2C)c1. The van der Waals surface area contributed by atoms with Crippen LogP contribution in [0, 0.1) is 20.8 Å². The van der Waals surface area contributed by atoms with E-state index in [1.54, 1.807) is 0 Å². The van der Waals surface area contributed by atoms with Crippen molar-refractivity contribution in [3.63, 3.8) is 0 Å². The minimum absolute atomic E-state index is 0.0111. The number of hydrogen-bond donors (Lipinski definition) is 1. The van der Waals surface area contributed by atoms with E-state index in [9.17, 15) is 4.79 Å². The Labute approximate surface area is 119 Å². The van der Waals surface area contributed by atoms with Crippen molar-refractivity contribution >= 4 is 11.6 Å². The highest BCUT2D eigenvalue weighted by atomic mass is 16.5. The number of ether oxygens (including phenoxy) is 1. The molecule has 0 heterocycles. The van der Waals surface area contributed by atoms with Crippen molar-refractivity contribution in [2.24, 2.45) is 0 Å². The average molecular weight is 269 g/mol. The summed E-state index contributed by atoms with van der Waals surface area (Å²) in [6.45, 7) is 5.98. The molecule has 3 heteroatoms. The molecule has 0 radical (unpaired) electrons. The van der Waals surface area contributed by atoms with E-state index in [0.29, 0.717) is 0 Å². The zero-order valence-electron chi connectivity index (χ0n) is 12.1. The Bertz CT molecular complexity index is 600. The number of hydrogen-bond acceptors (Lipinski definition) is 2. The van der Waals surface area contributed by atoms with Gasteiger partial charge in [0.2, 0.25) is 0 Å². The van der Waals surface area contributed by atoms with Gasteiger partial charge in [-0.05, 0) is 55.7 Å². The van der Waals surface area contributed by atoms with Gasteiger partial charge in [0, 0.05) is 5.69 Å².